The van der Waals surface area contributed by atoms with Crippen LogP contribution in [0.15, 0.2) is 0 Å². The first-order valence-corrected chi connectivity index (χ1v) is 1.71. The van der Waals surface area contributed by atoms with E-state index in [1.54, 1.807) is 0 Å². The molecule has 0 aliphatic heterocycles. The average Bonchev–Trinajstić information content (AvgIpc) is 1.37. The minimum Gasteiger partial charge on any atom is -0.343 e. The maximum absolute atomic E-state index is 3.60. The van der Waals surface area contributed by atoms with E-state index in [1.807, 2.05) is 0 Å². The molecule has 0 fully saturated rings. The third kappa shape index (κ3) is 19.3. The van der Waals surface area contributed by atoms with E-state index in [4.69, 9.17) is 0 Å². The molecule has 0 aliphatic rings. The summed E-state index contributed by atoms with van der Waals surface area (Å²) in [4.78, 5) is 0. The fourth-order valence-corrected chi connectivity index (χ4v) is 0. The van der Waals surface area contributed by atoms with Crippen LogP contribution in [0.5, 0.6) is 0 Å². The van der Waals surface area contributed by atoms with Crippen LogP contribution in [0.4, 0.5) is 0 Å². The molecule has 0 nitrogen and oxygen atoms in total. The molecule has 0 atom stereocenters. The van der Waals surface area contributed by atoms with Gasteiger partial charge in [-0.25, -0.2) is 0 Å². The van der Waals surface area contributed by atoms with Gasteiger partial charge in [-0.05, 0) is 0 Å². The Bertz CT molecular complexity index is 9.51. The molecule has 0 radical (unpaired) electrons. The molecule has 0 aromatic rings. The van der Waals surface area contributed by atoms with Crippen LogP contribution in [0, 0.1) is 6.92 Å². The summed E-state index contributed by atoms with van der Waals surface area (Å²) in [5, 5.41) is 0. The quantitative estimate of drug-likeness (QED) is 0.248. The van der Waals surface area contributed by atoms with Crippen molar-refractivity contribution in [2.24, 2.45) is 0 Å². The first-order valence-electron chi connectivity index (χ1n) is 1.71. The zero-order chi connectivity index (χ0) is 3.41. The predicted octanol–water partition coefficient (Wildman–Crippen LogP) is -2.56. The van der Waals surface area contributed by atoms with Crippen molar-refractivity contribution in [1.82, 2.24) is 0 Å². The molecule has 0 unspecified atom stereocenters. The maximum Gasteiger partial charge on any atom is 1.00 e. The van der Waals surface area contributed by atoms with E-state index >= 15 is 0 Å². The molecule has 0 rings (SSSR count). The van der Waals surface area contributed by atoms with E-state index in [-0.39, 0.29) is 36.2 Å². The van der Waals surface area contributed by atoms with Gasteiger partial charge in [0.05, 0.1) is 0 Å². The molecule has 2 heteroatoms. The Morgan fingerprint density at radius 2 is 1.67 bits per heavy atom. The van der Waals surface area contributed by atoms with Crippen LogP contribution in [0.3, 0.4) is 0 Å². The molecule has 6 heavy (non-hydrogen) atoms. The fourth-order valence-electron chi connectivity index (χ4n) is 0. The van der Waals surface area contributed by atoms with Crippen molar-refractivity contribution >= 4 is 17.4 Å². The van der Waals surface area contributed by atoms with Crippen LogP contribution in [0.25, 0.3) is 0 Å². The van der Waals surface area contributed by atoms with Gasteiger partial charge >= 0.3 is 18.9 Å². The molecular formula is C4H12AlLi. The molecule has 0 amide bonds. The van der Waals surface area contributed by atoms with Crippen molar-refractivity contribution in [1.29, 1.82) is 0 Å². The summed E-state index contributed by atoms with van der Waals surface area (Å²) in [5.74, 6) is 0. The van der Waals surface area contributed by atoms with Gasteiger partial charge in [0.25, 0.3) is 0 Å². The van der Waals surface area contributed by atoms with E-state index in [1.165, 1.54) is 6.42 Å². The van der Waals surface area contributed by atoms with Gasteiger partial charge in [0.1, 0.15) is 0 Å². The standard InChI is InChI=1S/C4H9.Al.Li.3H/c1-3-4-2;;;;;/h1,3-4H2,2H3;;;;;/q-1;;+1;;;. The normalized spacial score (nSPS) is 5.00. The molecule has 0 aliphatic carbocycles. The SMILES string of the molecule is [AlH3].[CH2-]CCC.[Li+]. The number of hydrogen-bond donors (Lipinski definition) is 0. The summed E-state index contributed by atoms with van der Waals surface area (Å²) in [7, 11) is 0. The van der Waals surface area contributed by atoms with Crippen LogP contribution >= 0.6 is 0 Å². The van der Waals surface area contributed by atoms with Crippen LogP contribution in [0.1, 0.15) is 19.8 Å². The van der Waals surface area contributed by atoms with E-state index in [0.717, 1.165) is 6.42 Å². The second-order valence-electron chi connectivity index (χ2n) is 0.854. The summed E-state index contributed by atoms with van der Waals surface area (Å²) in [5.41, 5.74) is 0. The van der Waals surface area contributed by atoms with E-state index in [0.29, 0.717) is 0 Å². The van der Waals surface area contributed by atoms with Gasteiger partial charge in [0.15, 0.2) is 17.4 Å². The minimum atomic E-state index is 0. The van der Waals surface area contributed by atoms with Gasteiger partial charge < -0.3 is 6.92 Å². The molecule has 0 N–H and O–H groups in total. The van der Waals surface area contributed by atoms with Crippen LogP contribution in [0.2, 0.25) is 0 Å². The van der Waals surface area contributed by atoms with Gasteiger partial charge in [-0.2, -0.15) is 6.42 Å². The molecule has 32 valence electrons. The Labute approximate surface area is 63.0 Å². The second kappa shape index (κ2) is 16.5. The Kier molecular flexibility index (Phi) is 43.1. The topological polar surface area (TPSA) is 0 Å². The van der Waals surface area contributed by atoms with Crippen molar-refractivity contribution < 1.29 is 18.9 Å². The van der Waals surface area contributed by atoms with Crippen LogP contribution < -0.4 is 18.9 Å². The number of hydrogen-bond acceptors (Lipinski definition) is 0. The van der Waals surface area contributed by atoms with Crippen LogP contribution in [-0.4, -0.2) is 17.4 Å². The van der Waals surface area contributed by atoms with Crippen molar-refractivity contribution in [2.45, 2.75) is 19.8 Å². The smallest absolute Gasteiger partial charge is 0.343 e. The van der Waals surface area contributed by atoms with Crippen molar-refractivity contribution in [2.75, 3.05) is 0 Å². The molecule has 0 spiro atoms. The number of rotatable bonds is 1. The van der Waals surface area contributed by atoms with E-state index < -0.39 is 0 Å². The minimum absolute atomic E-state index is 0. The fraction of sp³-hybridized carbons (Fsp3) is 0.750. The second-order valence-corrected chi connectivity index (χ2v) is 0.854. The predicted molar refractivity (Wildman–Crippen MR) is 30.2 cm³/mol. The first-order chi connectivity index (χ1) is 1.91. The van der Waals surface area contributed by atoms with Gasteiger partial charge in [-0.3, -0.25) is 0 Å². The molecule has 0 bridgehead atoms. The van der Waals surface area contributed by atoms with Gasteiger partial charge in [-0.1, -0.05) is 13.3 Å². The van der Waals surface area contributed by atoms with Crippen molar-refractivity contribution in [3.63, 3.8) is 0 Å². The summed E-state index contributed by atoms with van der Waals surface area (Å²) in [6, 6.07) is 0. The Morgan fingerprint density at radius 1 is 1.50 bits per heavy atom. The molecular weight excluding hydrogens is 82.0 g/mol. The van der Waals surface area contributed by atoms with Crippen LogP contribution in [-0.2, 0) is 0 Å². The van der Waals surface area contributed by atoms with Crippen molar-refractivity contribution in [3.05, 3.63) is 6.92 Å². The molecule has 0 aromatic heterocycles. The summed E-state index contributed by atoms with van der Waals surface area (Å²) >= 11 is 0. The molecule has 0 saturated heterocycles. The van der Waals surface area contributed by atoms with Gasteiger partial charge in [0.2, 0.25) is 0 Å². The molecule has 0 saturated carbocycles. The zero-order valence-corrected chi connectivity index (χ0v) is 4.12. The summed E-state index contributed by atoms with van der Waals surface area (Å²) in [6.07, 6.45) is 2.28. The average molecular weight is 94.1 g/mol. The molecule has 0 heterocycles. The summed E-state index contributed by atoms with van der Waals surface area (Å²) < 4.78 is 0. The Hall–Kier alpha value is 1.13. The van der Waals surface area contributed by atoms with E-state index in [9.17, 15) is 0 Å². The summed E-state index contributed by atoms with van der Waals surface area (Å²) in [6.45, 7) is 5.72. The first kappa shape index (κ1) is 15.7. The Balaban J connectivity index is -0.0000000450. The largest absolute Gasteiger partial charge is 1.00 e. The Morgan fingerprint density at radius 3 is 1.67 bits per heavy atom. The monoisotopic (exact) mass is 94.1 g/mol. The zero-order valence-electron chi connectivity index (χ0n) is 4.12. The maximum atomic E-state index is 3.60. The molecule has 0 aromatic carbocycles. The number of unbranched alkanes of at least 4 members (excludes halogenated alkanes) is 1. The van der Waals surface area contributed by atoms with Gasteiger partial charge in [0, 0.05) is 0 Å². The van der Waals surface area contributed by atoms with Gasteiger partial charge in [-0.15, -0.1) is 0 Å². The van der Waals surface area contributed by atoms with Crippen molar-refractivity contribution in [3.8, 4) is 0 Å². The third-order valence-corrected chi connectivity index (χ3v) is 0.354. The third-order valence-electron chi connectivity index (χ3n) is 0.354. The van der Waals surface area contributed by atoms with E-state index in [2.05, 4.69) is 13.8 Å².